The molecule has 0 aromatic carbocycles. The van der Waals surface area contributed by atoms with Crippen LogP contribution in [0.1, 0.15) is 32.6 Å². The molecule has 0 aromatic heterocycles. The third-order valence-electron chi connectivity index (χ3n) is 5.38. The van der Waals surface area contributed by atoms with E-state index in [9.17, 15) is 21.9 Å². The Morgan fingerprint density at radius 3 is 2.67 bits per heavy atom. The zero-order valence-electron chi connectivity index (χ0n) is 12.1. The maximum atomic E-state index is 12.9. The first-order valence-electron chi connectivity index (χ1n) is 7.57. The molecule has 0 radical (unpaired) electrons. The van der Waals surface area contributed by atoms with Crippen LogP contribution >= 0.6 is 0 Å². The van der Waals surface area contributed by atoms with Gasteiger partial charge in [0.1, 0.15) is 4.75 Å². The Labute approximate surface area is 126 Å². The van der Waals surface area contributed by atoms with Gasteiger partial charge in [-0.25, -0.2) is 16.8 Å². The molecule has 2 bridgehead atoms. The molecule has 2 fully saturated rings. The lowest BCUT2D eigenvalue weighted by atomic mass is 9.88. The van der Waals surface area contributed by atoms with Gasteiger partial charge in [0.05, 0.1) is 22.9 Å². The molecule has 0 amide bonds. The van der Waals surface area contributed by atoms with Gasteiger partial charge in [0.15, 0.2) is 19.7 Å². The van der Waals surface area contributed by atoms with Gasteiger partial charge in [-0.05, 0) is 18.8 Å². The third kappa shape index (κ3) is 1.90. The minimum atomic E-state index is -3.66. The van der Waals surface area contributed by atoms with Crippen molar-refractivity contribution in [3.05, 3.63) is 12.2 Å². The van der Waals surface area contributed by atoms with E-state index in [2.05, 4.69) is 0 Å². The van der Waals surface area contributed by atoms with Crippen molar-refractivity contribution < 1.29 is 21.9 Å². The van der Waals surface area contributed by atoms with Crippen molar-refractivity contribution in [1.82, 2.24) is 0 Å². The maximum absolute atomic E-state index is 12.9. The molecule has 2 aliphatic carbocycles. The van der Waals surface area contributed by atoms with E-state index in [1.165, 1.54) is 0 Å². The first-order valence-corrected chi connectivity index (χ1v) is 10.9. The van der Waals surface area contributed by atoms with Crippen molar-refractivity contribution in [2.75, 3.05) is 11.5 Å². The summed E-state index contributed by atoms with van der Waals surface area (Å²) < 4.78 is 49.1. The van der Waals surface area contributed by atoms with Crippen LogP contribution in [0.5, 0.6) is 0 Å². The van der Waals surface area contributed by atoms with Crippen LogP contribution in [-0.4, -0.2) is 49.5 Å². The largest absolute Gasteiger partial charge is 0.390 e. The van der Waals surface area contributed by atoms with Gasteiger partial charge in [0.2, 0.25) is 0 Å². The molecule has 5 atom stereocenters. The van der Waals surface area contributed by atoms with Crippen LogP contribution < -0.4 is 0 Å². The highest BCUT2D eigenvalue weighted by molar-refractivity contribution is 7.97. The van der Waals surface area contributed by atoms with E-state index >= 15 is 0 Å². The molecule has 0 aromatic rings. The van der Waals surface area contributed by atoms with E-state index in [-0.39, 0.29) is 17.6 Å². The Morgan fingerprint density at radius 1 is 1.29 bits per heavy atom. The molecule has 0 unspecified atom stereocenters. The first kappa shape index (κ1) is 15.5. The highest BCUT2D eigenvalue weighted by Crippen LogP contribution is 2.59. The zero-order valence-corrected chi connectivity index (χ0v) is 13.7. The molecule has 1 N–H and O–H groups in total. The van der Waals surface area contributed by atoms with E-state index in [4.69, 9.17) is 0 Å². The molecule has 1 aliphatic heterocycles. The van der Waals surface area contributed by atoms with Crippen LogP contribution in [0.15, 0.2) is 12.2 Å². The van der Waals surface area contributed by atoms with Gasteiger partial charge in [0.25, 0.3) is 0 Å². The highest BCUT2D eigenvalue weighted by atomic mass is 32.2. The average Bonchev–Trinajstić information content (AvgIpc) is 3.01. The molecule has 21 heavy (non-hydrogen) atoms. The fourth-order valence-corrected chi connectivity index (χ4v) is 10.7. The predicted molar refractivity (Wildman–Crippen MR) is 80.4 cm³/mol. The van der Waals surface area contributed by atoms with E-state index in [0.717, 1.165) is 12.8 Å². The number of fused-ring (bicyclic) bond motifs is 5. The predicted octanol–water partition coefficient (Wildman–Crippen LogP) is 0.694. The Balaban J connectivity index is 2.07. The standard InChI is InChI=1S/C14H22O5S2/c1-2-3-4-7-21(18,19)14-11-6-5-10(8-11)13(14)20(16,17)9-12(14)15/h5-6,10-13,15H,2-4,7-9H2,1H3/t10-,11+,12-,13-,14+/m1/s1. The van der Waals surface area contributed by atoms with Gasteiger partial charge >= 0.3 is 0 Å². The van der Waals surface area contributed by atoms with Crippen molar-refractivity contribution in [1.29, 1.82) is 0 Å². The number of rotatable bonds is 5. The molecule has 7 heteroatoms. The van der Waals surface area contributed by atoms with Crippen LogP contribution in [-0.2, 0) is 19.7 Å². The Hall–Kier alpha value is -0.400. The summed E-state index contributed by atoms with van der Waals surface area (Å²) in [5.41, 5.74) is 0. The van der Waals surface area contributed by atoms with Gasteiger partial charge < -0.3 is 5.11 Å². The fourth-order valence-electron chi connectivity index (χ4n) is 4.60. The van der Waals surface area contributed by atoms with Gasteiger partial charge in [-0.1, -0.05) is 31.9 Å². The summed E-state index contributed by atoms with van der Waals surface area (Å²) in [5.74, 6) is -1.05. The van der Waals surface area contributed by atoms with E-state index < -0.39 is 41.5 Å². The normalized spacial score (nSPS) is 43.3. The Morgan fingerprint density at radius 2 is 2.00 bits per heavy atom. The van der Waals surface area contributed by atoms with E-state index in [1.807, 2.05) is 19.1 Å². The van der Waals surface area contributed by atoms with Gasteiger partial charge in [0, 0.05) is 5.92 Å². The second-order valence-electron chi connectivity index (χ2n) is 6.54. The van der Waals surface area contributed by atoms with Gasteiger partial charge in [-0.2, -0.15) is 0 Å². The second-order valence-corrected chi connectivity index (χ2v) is 11.0. The summed E-state index contributed by atoms with van der Waals surface area (Å²) in [6.45, 7) is 1.99. The summed E-state index contributed by atoms with van der Waals surface area (Å²) in [6.07, 6.45) is 5.10. The summed E-state index contributed by atoms with van der Waals surface area (Å²) in [7, 11) is -7.22. The highest BCUT2D eigenvalue weighted by Gasteiger charge is 2.74. The fraction of sp³-hybridized carbons (Fsp3) is 0.857. The lowest BCUT2D eigenvalue weighted by Crippen LogP contribution is -2.57. The molecular weight excluding hydrogens is 312 g/mol. The van der Waals surface area contributed by atoms with Crippen molar-refractivity contribution in [2.45, 2.75) is 48.7 Å². The third-order valence-corrected chi connectivity index (χ3v) is 10.6. The SMILES string of the molecule is CCCCCS(=O)(=O)[C@@]12[C@H](O)CS(=O)(=O)[C@@H]1[C@@H]1C=C[C@H]2C1. The Bertz CT molecular complexity index is 663. The molecule has 3 aliphatic rings. The number of aliphatic hydroxyl groups is 1. The van der Waals surface area contributed by atoms with Crippen LogP contribution in [0.25, 0.3) is 0 Å². The second kappa shape index (κ2) is 4.80. The summed E-state index contributed by atoms with van der Waals surface area (Å²) in [5, 5.41) is 9.46. The van der Waals surface area contributed by atoms with Crippen LogP contribution in [0, 0.1) is 11.8 Å². The monoisotopic (exact) mass is 334 g/mol. The molecular formula is C14H22O5S2. The smallest absolute Gasteiger partial charge is 0.160 e. The number of hydrogen-bond donors (Lipinski definition) is 1. The van der Waals surface area contributed by atoms with E-state index in [0.29, 0.717) is 12.8 Å². The quantitative estimate of drug-likeness (QED) is 0.590. The minimum absolute atomic E-state index is 0.0268. The van der Waals surface area contributed by atoms with Crippen molar-refractivity contribution in [3.63, 3.8) is 0 Å². The van der Waals surface area contributed by atoms with Gasteiger partial charge in [-0.15, -0.1) is 0 Å². The molecule has 1 saturated heterocycles. The summed E-state index contributed by atoms with van der Waals surface area (Å²) in [6, 6.07) is 0. The number of allylic oxidation sites excluding steroid dienone is 2. The van der Waals surface area contributed by atoms with E-state index in [1.54, 1.807) is 0 Å². The Kier molecular flexibility index (Phi) is 3.54. The summed E-state index contributed by atoms with van der Waals surface area (Å²) in [4.78, 5) is 0. The topological polar surface area (TPSA) is 88.5 Å². The van der Waals surface area contributed by atoms with Crippen LogP contribution in [0.3, 0.4) is 0 Å². The average molecular weight is 334 g/mol. The number of sulfone groups is 2. The molecule has 1 heterocycles. The lowest BCUT2D eigenvalue weighted by Gasteiger charge is -2.37. The first-order chi connectivity index (χ1) is 9.77. The lowest BCUT2D eigenvalue weighted by molar-refractivity contribution is 0.142. The maximum Gasteiger partial charge on any atom is 0.160 e. The van der Waals surface area contributed by atoms with Crippen molar-refractivity contribution in [2.24, 2.45) is 11.8 Å². The molecule has 1 saturated carbocycles. The minimum Gasteiger partial charge on any atom is -0.390 e. The van der Waals surface area contributed by atoms with Crippen LogP contribution in [0.2, 0.25) is 0 Å². The molecule has 0 spiro atoms. The van der Waals surface area contributed by atoms with Crippen molar-refractivity contribution >= 4 is 19.7 Å². The number of hydrogen-bond acceptors (Lipinski definition) is 5. The van der Waals surface area contributed by atoms with Crippen molar-refractivity contribution in [3.8, 4) is 0 Å². The zero-order chi connectivity index (χ0) is 15.5. The number of aliphatic hydroxyl groups excluding tert-OH is 1. The molecule has 3 rings (SSSR count). The summed E-state index contributed by atoms with van der Waals surface area (Å²) >= 11 is 0. The van der Waals surface area contributed by atoms with Crippen LogP contribution in [0.4, 0.5) is 0 Å². The molecule has 5 nitrogen and oxygen atoms in total. The van der Waals surface area contributed by atoms with Gasteiger partial charge in [-0.3, -0.25) is 0 Å². The number of unbranched alkanes of at least 4 members (excludes halogenated alkanes) is 2. The molecule has 120 valence electrons.